The Labute approximate surface area is 199 Å². The number of anilines is 1. The highest BCUT2D eigenvalue weighted by Crippen LogP contribution is 2.62. The maximum Gasteiger partial charge on any atom is 0.413 e. The molecule has 33 heavy (non-hydrogen) atoms. The molecule has 2 aliphatic rings. The lowest BCUT2D eigenvalue weighted by molar-refractivity contribution is -0.146. The third-order valence-electron chi connectivity index (χ3n) is 7.57. The normalized spacial score (nSPS) is 30.4. The zero-order chi connectivity index (χ0) is 24.4. The fourth-order valence-electron chi connectivity index (χ4n) is 5.51. The summed E-state index contributed by atoms with van der Waals surface area (Å²) in [4.78, 5) is 32.3. The highest BCUT2D eigenvalue weighted by molar-refractivity contribution is 7.15. The van der Waals surface area contributed by atoms with Crippen LogP contribution in [0.1, 0.15) is 49.6 Å². The molecule has 1 aromatic rings. The number of nitrogens with zero attached hydrogens (tertiary/aromatic N) is 2. The number of carbonyl (C=O) groups excluding carboxylic acids is 2. The summed E-state index contributed by atoms with van der Waals surface area (Å²) in [6.07, 6.45) is 7.66. The summed E-state index contributed by atoms with van der Waals surface area (Å²) in [5, 5.41) is 24.2. The quantitative estimate of drug-likeness (QED) is 0.413. The Morgan fingerprint density at radius 3 is 2.85 bits per heavy atom. The van der Waals surface area contributed by atoms with Crippen molar-refractivity contribution in [3.8, 4) is 12.3 Å². The Kier molecular flexibility index (Phi) is 7.52. The van der Waals surface area contributed by atoms with Gasteiger partial charge in [0.1, 0.15) is 6.61 Å². The summed E-state index contributed by atoms with van der Waals surface area (Å²) in [6.45, 7) is 7.72. The number of terminal acetylenes is 1. The molecule has 1 saturated carbocycles. The fourth-order valence-corrected chi connectivity index (χ4v) is 6.57. The van der Waals surface area contributed by atoms with Crippen molar-refractivity contribution in [2.24, 2.45) is 16.7 Å². The first-order valence-corrected chi connectivity index (χ1v) is 11.9. The van der Waals surface area contributed by atoms with Gasteiger partial charge in [-0.2, -0.15) is 0 Å². The van der Waals surface area contributed by atoms with Crippen LogP contribution in [0.15, 0.2) is 12.7 Å². The SMILES string of the molecule is C#CCN(C)C(=O)CC1c2nc(NC(=O)OCC=C)sc2CC2C(C)(CO)C(O)CCC12C. The lowest BCUT2D eigenvalue weighted by Crippen LogP contribution is -2.57. The molecule has 5 unspecified atom stereocenters. The molecule has 0 bridgehead atoms. The summed E-state index contributed by atoms with van der Waals surface area (Å²) >= 11 is 1.34. The molecule has 0 saturated heterocycles. The Hall–Kier alpha value is -2.41. The Morgan fingerprint density at radius 2 is 2.21 bits per heavy atom. The molecule has 0 spiro atoms. The lowest BCUT2D eigenvalue weighted by atomic mass is 9.47. The molecule has 1 fully saturated rings. The fraction of sp³-hybridized carbons (Fsp3) is 0.625. The summed E-state index contributed by atoms with van der Waals surface area (Å²) in [5.74, 6) is 2.10. The molecular weight excluding hydrogens is 442 g/mol. The Balaban J connectivity index is 2.01. The monoisotopic (exact) mass is 475 g/mol. The molecule has 9 heteroatoms. The van der Waals surface area contributed by atoms with E-state index in [2.05, 4.69) is 24.7 Å². The van der Waals surface area contributed by atoms with Crippen LogP contribution < -0.4 is 5.32 Å². The van der Waals surface area contributed by atoms with E-state index < -0.39 is 17.6 Å². The van der Waals surface area contributed by atoms with E-state index in [1.165, 1.54) is 22.3 Å². The number of ether oxygens (including phenoxy) is 1. The number of aromatic nitrogens is 1. The zero-order valence-electron chi connectivity index (χ0n) is 19.5. The van der Waals surface area contributed by atoms with Gasteiger partial charge >= 0.3 is 6.09 Å². The molecule has 0 aromatic carbocycles. The minimum absolute atomic E-state index is 0.0667. The van der Waals surface area contributed by atoms with Gasteiger partial charge in [0.25, 0.3) is 0 Å². The minimum atomic E-state index is -0.711. The van der Waals surface area contributed by atoms with Gasteiger partial charge in [0.05, 0.1) is 24.9 Å². The Bertz CT molecular complexity index is 956. The van der Waals surface area contributed by atoms with Crippen LogP contribution >= 0.6 is 11.3 Å². The summed E-state index contributed by atoms with van der Waals surface area (Å²) < 4.78 is 5.01. The van der Waals surface area contributed by atoms with E-state index >= 15 is 0 Å². The summed E-state index contributed by atoms with van der Waals surface area (Å²) in [7, 11) is 1.68. The summed E-state index contributed by atoms with van der Waals surface area (Å²) in [5.41, 5.74) is -0.292. The van der Waals surface area contributed by atoms with Crippen LogP contribution in [0, 0.1) is 29.1 Å². The van der Waals surface area contributed by atoms with Gasteiger partial charge in [0.15, 0.2) is 5.13 Å². The minimum Gasteiger partial charge on any atom is -0.445 e. The van der Waals surface area contributed by atoms with Gasteiger partial charge in [-0.1, -0.05) is 32.4 Å². The maximum atomic E-state index is 13.0. The van der Waals surface area contributed by atoms with Crippen molar-refractivity contribution in [2.45, 2.75) is 51.6 Å². The van der Waals surface area contributed by atoms with E-state index in [1.807, 2.05) is 6.92 Å². The molecule has 0 radical (unpaired) electrons. The van der Waals surface area contributed by atoms with Crippen molar-refractivity contribution in [2.75, 3.05) is 32.1 Å². The van der Waals surface area contributed by atoms with Crippen molar-refractivity contribution >= 4 is 28.5 Å². The van der Waals surface area contributed by atoms with Gasteiger partial charge < -0.3 is 19.8 Å². The number of carbonyl (C=O) groups is 2. The molecule has 1 aromatic heterocycles. The number of fused-ring (bicyclic) bond motifs is 2. The van der Waals surface area contributed by atoms with Crippen LogP contribution in [0.5, 0.6) is 0 Å². The molecule has 2 amide bonds. The largest absolute Gasteiger partial charge is 0.445 e. The van der Waals surface area contributed by atoms with E-state index in [4.69, 9.17) is 16.1 Å². The van der Waals surface area contributed by atoms with Gasteiger partial charge in [-0.3, -0.25) is 10.1 Å². The molecule has 1 heterocycles. The predicted molar refractivity (Wildman–Crippen MR) is 127 cm³/mol. The van der Waals surface area contributed by atoms with Crippen LogP contribution in [0.2, 0.25) is 0 Å². The van der Waals surface area contributed by atoms with E-state index in [0.717, 1.165) is 10.6 Å². The number of thiazole rings is 1. The van der Waals surface area contributed by atoms with Crippen molar-refractivity contribution in [3.63, 3.8) is 0 Å². The van der Waals surface area contributed by atoms with Crippen molar-refractivity contribution < 1.29 is 24.5 Å². The van der Waals surface area contributed by atoms with Crippen LogP contribution in [-0.2, 0) is 16.0 Å². The van der Waals surface area contributed by atoms with Crippen LogP contribution in [0.3, 0.4) is 0 Å². The topological polar surface area (TPSA) is 112 Å². The van der Waals surface area contributed by atoms with Gasteiger partial charge in [0.2, 0.25) is 5.91 Å². The smallest absolute Gasteiger partial charge is 0.413 e. The average molecular weight is 476 g/mol. The average Bonchev–Trinajstić information content (AvgIpc) is 3.18. The Morgan fingerprint density at radius 1 is 1.48 bits per heavy atom. The number of aliphatic hydroxyl groups excluding tert-OH is 2. The number of aliphatic hydroxyl groups is 2. The molecule has 180 valence electrons. The number of hydrogen-bond acceptors (Lipinski definition) is 7. The second kappa shape index (κ2) is 9.84. The van der Waals surface area contributed by atoms with Gasteiger partial charge in [0, 0.05) is 29.7 Å². The van der Waals surface area contributed by atoms with Gasteiger partial charge in [-0.05, 0) is 30.6 Å². The molecule has 3 rings (SSSR count). The van der Waals surface area contributed by atoms with Gasteiger partial charge in [-0.25, -0.2) is 9.78 Å². The first-order valence-electron chi connectivity index (χ1n) is 11.1. The van der Waals surface area contributed by atoms with Crippen LogP contribution in [0.25, 0.3) is 0 Å². The summed E-state index contributed by atoms with van der Waals surface area (Å²) in [6, 6.07) is 0. The number of rotatable bonds is 7. The van der Waals surface area contributed by atoms with Gasteiger partial charge in [-0.15, -0.1) is 17.8 Å². The third-order valence-corrected chi connectivity index (χ3v) is 8.58. The maximum absolute atomic E-state index is 13.0. The lowest BCUT2D eigenvalue weighted by Gasteiger charge is -2.58. The van der Waals surface area contributed by atoms with E-state index in [9.17, 15) is 19.8 Å². The standard InChI is InChI=1S/C24H33N3O5S/c1-6-10-27(5)19(30)12-15-20-16(33-21(25-20)26-22(31)32-11-7-2)13-17-23(15,3)9-8-18(29)24(17,4)14-28/h1,7,15,17-18,28-29H,2,8-14H2,3-5H3,(H,25,26,31). The highest BCUT2D eigenvalue weighted by Gasteiger charge is 2.59. The second-order valence-electron chi connectivity index (χ2n) is 9.53. The highest BCUT2D eigenvalue weighted by atomic mass is 32.1. The third kappa shape index (κ3) is 4.65. The number of hydrogen-bond donors (Lipinski definition) is 3. The molecule has 0 aliphatic heterocycles. The number of nitrogens with one attached hydrogen (secondary N) is 1. The van der Waals surface area contributed by atoms with Crippen LogP contribution in [-0.4, -0.2) is 65.0 Å². The van der Waals surface area contributed by atoms with Crippen molar-refractivity contribution in [1.29, 1.82) is 0 Å². The first kappa shape index (κ1) is 25.2. The van der Waals surface area contributed by atoms with Crippen molar-refractivity contribution in [1.82, 2.24) is 9.88 Å². The van der Waals surface area contributed by atoms with E-state index in [0.29, 0.717) is 24.4 Å². The second-order valence-corrected chi connectivity index (χ2v) is 10.6. The molecule has 2 aliphatic carbocycles. The molecule has 5 atom stereocenters. The molecule has 8 nitrogen and oxygen atoms in total. The first-order chi connectivity index (χ1) is 15.6. The molecular formula is C24H33N3O5S. The van der Waals surface area contributed by atoms with E-state index in [-0.39, 0.29) is 49.3 Å². The van der Waals surface area contributed by atoms with E-state index in [1.54, 1.807) is 7.05 Å². The number of amides is 2. The van der Waals surface area contributed by atoms with Crippen LogP contribution in [0.4, 0.5) is 9.93 Å². The molecule has 3 N–H and O–H groups in total. The zero-order valence-corrected chi connectivity index (χ0v) is 20.3. The predicted octanol–water partition coefficient (Wildman–Crippen LogP) is 2.77. The van der Waals surface area contributed by atoms with Crippen molar-refractivity contribution in [3.05, 3.63) is 23.2 Å².